The summed E-state index contributed by atoms with van der Waals surface area (Å²) in [5.74, 6) is 0.797. The number of hydrogen-bond donors (Lipinski definition) is 1. The van der Waals surface area contributed by atoms with Gasteiger partial charge >= 0.3 is 0 Å². The number of hydrogen-bond acceptors (Lipinski definition) is 1. The van der Waals surface area contributed by atoms with Gasteiger partial charge in [-0.1, -0.05) is 43.0 Å². The van der Waals surface area contributed by atoms with Crippen molar-refractivity contribution < 1.29 is 0 Å². The van der Waals surface area contributed by atoms with Crippen LogP contribution in [-0.2, 0) is 6.42 Å². The highest BCUT2D eigenvalue weighted by Gasteiger charge is 2.29. The average molecular weight is 286 g/mol. The minimum absolute atomic E-state index is 0.112. The van der Waals surface area contributed by atoms with Crippen LogP contribution in [0, 0.1) is 5.92 Å². The van der Waals surface area contributed by atoms with Gasteiger partial charge in [0.2, 0.25) is 0 Å². The van der Waals surface area contributed by atoms with E-state index in [1.807, 2.05) is 18.2 Å². The third-order valence-electron chi connectivity index (χ3n) is 4.06. The highest BCUT2D eigenvalue weighted by molar-refractivity contribution is 6.33. The van der Waals surface area contributed by atoms with Crippen LogP contribution in [0.4, 0.5) is 0 Å². The van der Waals surface area contributed by atoms with Crippen LogP contribution in [0.2, 0.25) is 10.0 Å². The lowest BCUT2D eigenvalue weighted by Crippen LogP contribution is -2.41. The molecule has 0 spiro atoms. The van der Waals surface area contributed by atoms with E-state index in [9.17, 15) is 0 Å². The second kappa shape index (κ2) is 5.81. The average Bonchev–Trinajstić information content (AvgIpc) is 2.47. The maximum atomic E-state index is 6.57. The lowest BCUT2D eigenvalue weighted by molar-refractivity contribution is 0.363. The van der Waals surface area contributed by atoms with Gasteiger partial charge in [-0.25, -0.2) is 0 Å². The molecule has 0 radical (unpaired) electrons. The van der Waals surface area contributed by atoms with Crippen LogP contribution < -0.4 is 5.73 Å². The van der Waals surface area contributed by atoms with Gasteiger partial charge in [-0.2, -0.15) is 0 Å². The highest BCUT2D eigenvalue weighted by Crippen LogP contribution is 2.33. The van der Waals surface area contributed by atoms with Crippen molar-refractivity contribution in [2.75, 3.05) is 0 Å². The number of benzene rings is 1. The van der Waals surface area contributed by atoms with Crippen LogP contribution in [0.3, 0.4) is 0 Å². The summed E-state index contributed by atoms with van der Waals surface area (Å²) < 4.78 is 0. The van der Waals surface area contributed by atoms with Gasteiger partial charge in [-0.3, -0.25) is 0 Å². The minimum Gasteiger partial charge on any atom is -0.325 e. The van der Waals surface area contributed by atoms with Crippen molar-refractivity contribution in [2.45, 2.75) is 51.0 Å². The van der Waals surface area contributed by atoms with E-state index in [1.54, 1.807) is 0 Å². The molecule has 1 saturated carbocycles. The van der Waals surface area contributed by atoms with Crippen LogP contribution in [0.15, 0.2) is 18.2 Å². The predicted octanol–water partition coefficient (Wildman–Crippen LogP) is 4.83. The molecule has 0 heterocycles. The third kappa shape index (κ3) is 3.63. The highest BCUT2D eigenvalue weighted by atomic mass is 35.5. The molecule has 1 fully saturated rings. The summed E-state index contributed by atoms with van der Waals surface area (Å²) >= 11 is 12.3. The van der Waals surface area contributed by atoms with Crippen molar-refractivity contribution in [2.24, 2.45) is 11.7 Å². The van der Waals surface area contributed by atoms with E-state index in [2.05, 4.69) is 6.92 Å². The summed E-state index contributed by atoms with van der Waals surface area (Å²) in [5, 5.41) is 1.52. The minimum atomic E-state index is -0.112. The van der Waals surface area contributed by atoms with Crippen LogP contribution >= 0.6 is 23.2 Å². The fourth-order valence-electron chi connectivity index (χ4n) is 2.84. The first kappa shape index (κ1) is 14.2. The SMILES string of the molecule is CC1CCCC(N)(Cc2cc(Cl)ccc2Cl)CC1. The molecule has 1 aliphatic rings. The lowest BCUT2D eigenvalue weighted by atomic mass is 9.84. The second-order valence-electron chi connectivity index (χ2n) is 5.81. The van der Waals surface area contributed by atoms with E-state index in [0.717, 1.165) is 40.8 Å². The molecule has 0 aromatic heterocycles. The zero-order valence-electron chi connectivity index (χ0n) is 10.9. The Hall–Kier alpha value is -0.240. The Balaban J connectivity index is 2.13. The molecular weight excluding hydrogens is 265 g/mol. The van der Waals surface area contributed by atoms with Crippen molar-refractivity contribution in [3.05, 3.63) is 33.8 Å². The van der Waals surface area contributed by atoms with Gasteiger partial charge in [0, 0.05) is 15.6 Å². The maximum Gasteiger partial charge on any atom is 0.0439 e. The zero-order valence-corrected chi connectivity index (χ0v) is 12.4. The third-order valence-corrected chi connectivity index (χ3v) is 4.66. The molecule has 1 nitrogen and oxygen atoms in total. The summed E-state index contributed by atoms with van der Waals surface area (Å²) in [5.41, 5.74) is 7.54. The van der Waals surface area contributed by atoms with Crippen molar-refractivity contribution in [3.63, 3.8) is 0 Å². The van der Waals surface area contributed by atoms with E-state index >= 15 is 0 Å². The smallest absolute Gasteiger partial charge is 0.0439 e. The van der Waals surface area contributed by atoms with Crippen molar-refractivity contribution in [1.82, 2.24) is 0 Å². The molecule has 3 heteroatoms. The Kier molecular flexibility index (Phi) is 4.58. The Morgan fingerprint density at radius 1 is 1.28 bits per heavy atom. The molecule has 100 valence electrons. The van der Waals surface area contributed by atoms with Gasteiger partial charge in [0.1, 0.15) is 0 Å². The molecule has 2 atom stereocenters. The standard InChI is InChI=1S/C15H21Cl2N/c1-11-3-2-7-15(18,8-6-11)10-12-9-13(16)4-5-14(12)17/h4-5,9,11H,2-3,6-8,10,18H2,1H3. The fraction of sp³-hybridized carbons (Fsp3) is 0.600. The zero-order chi connectivity index (χ0) is 13.2. The summed E-state index contributed by atoms with van der Waals surface area (Å²) in [7, 11) is 0. The van der Waals surface area contributed by atoms with Gasteiger partial charge < -0.3 is 5.73 Å². The van der Waals surface area contributed by atoms with Gasteiger partial charge in [-0.05, 0) is 55.4 Å². The monoisotopic (exact) mass is 285 g/mol. The summed E-state index contributed by atoms with van der Waals surface area (Å²) in [4.78, 5) is 0. The van der Waals surface area contributed by atoms with E-state index in [-0.39, 0.29) is 5.54 Å². The molecule has 1 aromatic rings. The molecule has 18 heavy (non-hydrogen) atoms. The summed E-state index contributed by atoms with van der Waals surface area (Å²) in [6, 6.07) is 5.64. The summed E-state index contributed by atoms with van der Waals surface area (Å²) in [6.07, 6.45) is 6.73. The maximum absolute atomic E-state index is 6.57. The molecule has 0 bridgehead atoms. The molecule has 2 N–H and O–H groups in total. The van der Waals surface area contributed by atoms with E-state index in [4.69, 9.17) is 28.9 Å². The van der Waals surface area contributed by atoms with Gasteiger partial charge in [0.05, 0.1) is 0 Å². The Bertz CT molecular complexity index is 419. The normalized spacial score (nSPS) is 29.0. The molecule has 2 rings (SSSR count). The van der Waals surface area contributed by atoms with Crippen LogP contribution in [0.1, 0.15) is 44.6 Å². The molecule has 0 saturated heterocycles. The molecule has 1 aromatic carbocycles. The first-order chi connectivity index (χ1) is 8.48. The topological polar surface area (TPSA) is 26.0 Å². The molecule has 0 amide bonds. The fourth-order valence-corrected chi connectivity index (χ4v) is 3.22. The van der Waals surface area contributed by atoms with Crippen molar-refractivity contribution in [3.8, 4) is 0 Å². The van der Waals surface area contributed by atoms with E-state index in [1.165, 1.54) is 19.3 Å². The van der Waals surface area contributed by atoms with Crippen LogP contribution in [-0.4, -0.2) is 5.54 Å². The largest absolute Gasteiger partial charge is 0.325 e. The Labute approximate surface area is 120 Å². The number of nitrogens with two attached hydrogens (primary N) is 1. The van der Waals surface area contributed by atoms with Crippen molar-refractivity contribution in [1.29, 1.82) is 0 Å². The summed E-state index contributed by atoms with van der Waals surface area (Å²) in [6.45, 7) is 2.32. The molecular formula is C15H21Cl2N. The Morgan fingerprint density at radius 2 is 2.06 bits per heavy atom. The lowest BCUT2D eigenvalue weighted by Gasteiger charge is -2.28. The number of halogens is 2. The first-order valence-electron chi connectivity index (χ1n) is 6.71. The van der Waals surface area contributed by atoms with Crippen LogP contribution in [0.5, 0.6) is 0 Å². The first-order valence-corrected chi connectivity index (χ1v) is 7.47. The van der Waals surface area contributed by atoms with Crippen LogP contribution in [0.25, 0.3) is 0 Å². The van der Waals surface area contributed by atoms with Crippen molar-refractivity contribution >= 4 is 23.2 Å². The van der Waals surface area contributed by atoms with Gasteiger partial charge in [0.15, 0.2) is 0 Å². The quantitative estimate of drug-likeness (QED) is 0.774. The molecule has 0 aliphatic heterocycles. The second-order valence-corrected chi connectivity index (χ2v) is 6.65. The molecule has 1 aliphatic carbocycles. The van der Waals surface area contributed by atoms with Gasteiger partial charge in [-0.15, -0.1) is 0 Å². The van der Waals surface area contributed by atoms with E-state index < -0.39 is 0 Å². The number of rotatable bonds is 2. The van der Waals surface area contributed by atoms with Gasteiger partial charge in [0.25, 0.3) is 0 Å². The Morgan fingerprint density at radius 3 is 2.83 bits per heavy atom. The molecule has 2 unspecified atom stereocenters. The predicted molar refractivity (Wildman–Crippen MR) is 79.3 cm³/mol. The van der Waals surface area contributed by atoms with E-state index in [0.29, 0.717) is 0 Å².